The molecule has 4 aromatic rings. The monoisotopic (exact) mass is 418 g/mol. The number of nitrogens with two attached hydrogens (primary N) is 1. The van der Waals surface area contributed by atoms with Crippen LogP contribution in [0.2, 0.25) is 0 Å². The van der Waals surface area contributed by atoms with Gasteiger partial charge in [-0.2, -0.15) is 9.61 Å². The molecule has 0 saturated heterocycles. The van der Waals surface area contributed by atoms with Crippen molar-refractivity contribution in [3.63, 3.8) is 0 Å². The summed E-state index contributed by atoms with van der Waals surface area (Å²) in [5.41, 5.74) is 9.73. The molecular formula is C23H20F2N6. The number of anilines is 2. The zero-order valence-corrected chi connectivity index (χ0v) is 16.6. The van der Waals surface area contributed by atoms with Gasteiger partial charge in [0.05, 0.1) is 34.9 Å². The van der Waals surface area contributed by atoms with Crippen molar-refractivity contribution < 1.29 is 8.78 Å². The van der Waals surface area contributed by atoms with E-state index in [1.165, 1.54) is 22.7 Å². The van der Waals surface area contributed by atoms with E-state index in [1.807, 2.05) is 6.07 Å². The molecule has 3 aromatic heterocycles. The second-order valence-electron chi connectivity index (χ2n) is 7.53. The van der Waals surface area contributed by atoms with Crippen LogP contribution in [0, 0.1) is 11.6 Å². The quantitative estimate of drug-likeness (QED) is 0.502. The lowest BCUT2D eigenvalue weighted by molar-refractivity contribution is 0.588. The van der Waals surface area contributed by atoms with E-state index in [9.17, 15) is 8.78 Å². The van der Waals surface area contributed by atoms with E-state index >= 15 is 0 Å². The highest BCUT2D eigenvalue weighted by atomic mass is 19.1. The molecule has 1 aliphatic carbocycles. The number of nitrogens with zero attached hydrogens (tertiary/aromatic N) is 4. The SMILES string of the molecule is N[C@@H]1C=C(c2ccncc2Nc2ncc3ccc(-c4c(F)cccc4F)nn23)CCC1. The summed E-state index contributed by atoms with van der Waals surface area (Å²) in [4.78, 5) is 8.63. The fraction of sp³-hybridized carbons (Fsp3) is 0.174. The number of allylic oxidation sites excluding steroid dienone is 1. The maximum Gasteiger partial charge on any atom is 0.229 e. The van der Waals surface area contributed by atoms with Crippen molar-refractivity contribution >= 4 is 22.7 Å². The second kappa shape index (κ2) is 7.88. The molecule has 8 heteroatoms. The molecule has 0 fully saturated rings. The highest BCUT2D eigenvalue weighted by molar-refractivity contribution is 5.78. The first-order valence-corrected chi connectivity index (χ1v) is 10.1. The minimum absolute atomic E-state index is 0.0388. The first-order chi connectivity index (χ1) is 15.1. The second-order valence-corrected chi connectivity index (χ2v) is 7.53. The number of benzene rings is 1. The summed E-state index contributed by atoms with van der Waals surface area (Å²) in [6.07, 6.45) is 10.1. The number of pyridine rings is 1. The average molecular weight is 418 g/mol. The zero-order valence-electron chi connectivity index (χ0n) is 16.6. The molecule has 1 aliphatic rings. The van der Waals surface area contributed by atoms with Gasteiger partial charge in [-0.3, -0.25) is 4.98 Å². The molecule has 0 saturated carbocycles. The van der Waals surface area contributed by atoms with Crippen LogP contribution in [0.5, 0.6) is 0 Å². The molecule has 5 rings (SSSR count). The first-order valence-electron chi connectivity index (χ1n) is 10.1. The Bertz CT molecular complexity index is 1280. The number of hydrogen-bond donors (Lipinski definition) is 2. The molecule has 156 valence electrons. The van der Waals surface area contributed by atoms with E-state index in [1.54, 1.807) is 30.7 Å². The largest absolute Gasteiger partial charge is 0.324 e. The van der Waals surface area contributed by atoms with E-state index in [-0.39, 0.29) is 17.3 Å². The molecule has 0 amide bonds. The van der Waals surface area contributed by atoms with E-state index in [0.29, 0.717) is 11.5 Å². The number of halogens is 2. The summed E-state index contributed by atoms with van der Waals surface area (Å²) < 4.78 is 30.0. The van der Waals surface area contributed by atoms with Crippen molar-refractivity contribution in [3.8, 4) is 11.3 Å². The lowest BCUT2D eigenvalue weighted by atomic mass is 9.91. The van der Waals surface area contributed by atoms with Crippen LogP contribution in [0.1, 0.15) is 24.8 Å². The van der Waals surface area contributed by atoms with Gasteiger partial charge < -0.3 is 11.1 Å². The Morgan fingerprint density at radius 2 is 1.90 bits per heavy atom. The molecule has 0 bridgehead atoms. The van der Waals surface area contributed by atoms with Crippen molar-refractivity contribution in [2.45, 2.75) is 25.3 Å². The van der Waals surface area contributed by atoms with Crippen LogP contribution < -0.4 is 11.1 Å². The summed E-state index contributed by atoms with van der Waals surface area (Å²) in [6.45, 7) is 0. The fourth-order valence-electron chi connectivity index (χ4n) is 3.92. The van der Waals surface area contributed by atoms with Gasteiger partial charge >= 0.3 is 0 Å². The van der Waals surface area contributed by atoms with E-state index in [0.717, 1.165) is 36.1 Å². The van der Waals surface area contributed by atoms with Crippen molar-refractivity contribution in [3.05, 3.63) is 78.3 Å². The van der Waals surface area contributed by atoms with Crippen molar-refractivity contribution in [2.75, 3.05) is 5.32 Å². The van der Waals surface area contributed by atoms with Crippen molar-refractivity contribution in [1.29, 1.82) is 0 Å². The third-order valence-corrected chi connectivity index (χ3v) is 5.42. The highest BCUT2D eigenvalue weighted by Gasteiger charge is 2.17. The molecule has 1 aromatic carbocycles. The van der Waals surface area contributed by atoms with Crippen LogP contribution in [0.15, 0.2) is 61.1 Å². The van der Waals surface area contributed by atoms with Gasteiger partial charge in [0.25, 0.3) is 0 Å². The topological polar surface area (TPSA) is 81.1 Å². The molecular weight excluding hydrogens is 398 g/mol. The van der Waals surface area contributed by atoms with Crippen LogP contribution in [-0.4, -0.2) is 25.6 Å². The maximum absolute atomic E-state index is 14.3. The zero-order chi connectivity index (χ0) is 21.4. The maximum atomic E-state index is 14.3. The third-order valence-electron chi connectivity index (χ3n) is 5.42. The fourth-order valence-corrected chi connectivity index (χ4v) is 3.92. The van der Waals surface area contributed by atoms with Gasteiger partial charge in [-0.05, 0) is 55.2 Å². The summed E-state index contributed by atoms with van der Waals surface area (Å²) in [5, 5.41) is 7.71. The average Bonchev–Trinajstić information content (AvgIpc) is 3.16. The highest BCUT2D eigenvalue weighted by Crippen LogP contribution is 2.32. The molecule has 0 aliphatic heterocycles. The van der Waals surface area contributed by atoms with Crippen LogP contribution in [0.25, 0.3) is 22.3 Å². The first kappa shape index (κ1) is 19.3. The van der Waals surface area contributed by atoms with Gasteiger partial charge in [-0.15, -0.1) is 0 Å². The van der Waals surface area contributed by atoms with E-state index < -0.39 is 11.6 Å². The van der Waals surface area contributed by atoms with E-state index in [4.69, 9.17) is 5.73 Å². The van der Waals surface area contributed by atoms with E-state index in [2.05, 4.69) is 26.5 Å². The van der Waals surface area contributed by atoms with Crippen LogP contribution >= 0.6 is 0 Å². The molecule has 1 atom stereocenters. The van der Waals surface area contributed by atoms with Crippen molar-refractivity contribution in [1.82, 2.24) is 19.6 Å². The number of nitrogens with one attached hydrogen (secondary N) is 1. The summed E-state index contributed by atoms with van der Waals surface area (Å²) in [6, 6.07) is 9.02. The van der Waals surface area contributed by atoms with Gasteiger partial charge in [-0.1, -0.05) is 12.1 Å². The van der Waals surface area contributed by atoms with Crippen LogP contribution in [0.4, 0.5) is 20.4 Å². The number of hydrogen-bond acceptors (Lipinski definition) is 5. The molecule has 0 spiro atoms. The lowest BCUT2D eigenvalue weighted by Gasteiger charge is -2.20. The standard InChI is InChI=1S/C23H20F2N6/c24-18-5-2-6-19(25)22(18)20-8-7-16-12-28-23(31(16)30-20)29-21-13-27-10-9-17(21)14-3-1-4-15(26)11-14/h2,5-13,15H,1,3-4,26H2,(H,28,29)/t15-/m0/s1. The summed E-state index contributed by atoms with van der Waals surface area (Å²) in [7, 11) is 0. The predicted molar refractivity (Wildman–Crippen MR) is 116 cm³/mol. The summed E-state index contributed by atoms with van der Waals surface area (Å²) >= 11 is 0. The number of aromatic nitrogens is 4. The Morgan fingerprint density at radius 1 is 1.06 bits per heavy atom. The number of rotatable bonds is 4. The minimum atomic E-state index is -0.670. The molecule has 3 N–H and O–H groups in total. The van der Waals surface area contributed by atoms with Gasteiger partial charge in [0, 0.05) is 17.8 Å². The predicted octanol–water partition coefficient (Wildman–Crippen LogP) is 4.71. The molecule has 6 nitrogen and oxygen atoms in total. The van der Waals surface area contributed by atoms with Gasteiger partial charge in [0.15, 0.2) is 0 Å². The third kappa shape index (κ3) is 3.66. The Balaban J connectivity index is 1.56. The molecule has 0 radical (unpaired) electrons. The molecule has 0 unspecified atom stereocenters. The molecule has 3 heterocycles. The van der Waals surface area contributed by atoms with Crippen molar-refractivity contribution in [2.24, 2.45) is 5.73 Å². The summed E-state index contributed by atoms with van der Waals surface area (Å²) in [5.74, 6) is -0.920. The number of fused-ring (bicyclic) bond motifs is 1. The molecule has 31 heavy (non-hydrogen) atoms. The smallest absolute Gasteiger partial charge is 0.229 e. The van der Waals surface area contributed by atoms with Crippen LogP contribution in [-0.2, 0) is 0 Å². The van der Waals surface area contributed by atoms with Crippen LogP contribution in [0.3, 0.4) is 0 Å². The minimum Gasteiger partial charge on any atom is -0.324 e. The Hall–Kier alpha value is -3.65. The van der Waals surface area contributed by atoms with Gasteiger partial charge in [-0.25, -0.2) is 13.8 Å². The normalized spacial score (nSPS) is 16.4. The van der Waals surface area contributed by atoms with Gasteiger partial charge in [0.2, 0.25) is 5.95 Å². The lowest BCUT2D eigenvalue weighted by Crippen LogP contribution is -2.20. The Morgan fingerprint density at radius 3 is 2.71 bits per heavy atom. The Labute approximate surface area is 177 Å². The van der Waals surface area contributed by atoms with Gasteiger partial charge in [0.1, 0.15) is 11.6 Å². The Kier molecular flexibility index (Phi) is 4.91. The number of imidazole rings is 1.